The van der Waals surface area contributed by atoms with Crippen LogP contribution in [0.4, 0.5) is 0 Å². The fraction of sp³-hybridized carbons (Fsp3) is 0.387. The van der Waals surface area contributed by atoms with Gasteiger partial charge in [-0.3, -0.25) is 9.80 Å². The Morgan fingerprint density at radius 1 is 0.488 bits per heavy atom. The number of piperidine rings is 2. The number of fused-ring (bicyclic) bond motifs is 2. The molecule has 5 heterocycles. The van der Waals surface area contributed by atoms with Gasteiger partial charge in [0.15, 0.2) is 11.6 Å². The van der Waals surface area contributed by atoms with Crippen molar-refractivity contribution in [3.05, 3.63) is 66.7 Å². The Bertz CT molecular complexity index is 1460. The molecule has 2 aliphatic heterocycles. The summed E-state index contributed by atoms with van der Waals surface area (Å²) in [6.45, 7) is 6.24. The normalized spacial score (nSPS) is 16.2. The first-order valence-corrected chi connectivity index (χ1v) is 14.2. The molecular weight excluding hydrogens is 600 g/mol. The molecule has 0 aliphatic carbocycles. The van der Waals surface area contributed by atoms with E-state index < -0.39 is 0 Å². The Balaban J connectivity index is 0.00000129. The van der Waals surface area contributed by atoms with E-state index in [9.17, 15) is 0 Å². The molecule has 1 radical (unpaired) electrons. The van der Waals surface area contributed by atoms with Crippen LogP contribution >= 0.6 is 0 Å². The standard InChI is InChI=1S/C31H35N7.2ClH.Co/c1-7-18-35(19-8-1)22-37-28-16-5-3-12-24(28)33-30(37)26-14-11-15-27(32-26)31-34-25-13-4-6-17-29(25)38(31)23-36-20-9-2-10-21-36;;;/h3-6,11-17H,1-2,7-10,18-23H2;2*1H;/q;;;+2/p-2. The predicted octanol–water partition coefficient (Wildman–Crippen LogP) is 0.00730. The van der Waals surface area contributed by atoms with Crippen LogP contribution in [0, 0.1) is 0 Å². The van der Waals surface area contributed by atoms with E-state index in [4.69, 9.17) is 15.0 Å². The van der Waals surface area contributed by atoms with E-state index in [1.54, 1.807) is 0 Å². The van der Waals surface area contributed by atoms with E-state index >= 15 is 0 Å². The number of hydrogen-bond donors (Lipinski definition) is 0. The maximum absolute atomic E-state index is 5.21. The maximum Gasteiger partial charge on any atom is 2.00 e. The van der Waals surface area contributed by atoms with Crippen molar-refractivity contribution in [2.75, 3.05) is 26.2 Å². The molecule has 0 amide bonds. The number of rotatable bonds is 6. The fourth-order valence-electron chi connectivity index (χ4n) is 6.11. The van der Waals surface area contributed by atoms with Crippen molar-refractivity contribution in [2.45, 2.75) is 51.9 Å². The summed E-state index contributed by atoms with van der Waals surface area (Å²) in [5.74, 6) is 1.86. The van der Waals surface area contributed by atoms with E-state index in [1.165, 1.54) is 38.5 Å². The summed E-state index contributed by atoms with van der Waals surface area (Å²) >= 11 is 0. The number of para-hydroxylation sites is 4. The number of hydrogen-bond acceptors (Lipinski definition) is 5. The minimum atomic E-state index is 0. The van der Waals surface area contributed by atoms with E-state index in [0.717, 1.165) is 84.6 Å². The zero-order valence-corrected chi connectivity index (χ0v) is 25.6. The molecule has 2 aromatic carbocycles. The summed E-state index contributed by atoms with van der Waals surface area (Å²) in [5.41, 5.74) is 6.16. The number of likely N-dealkylation sites (tertiary alicyclic amines) is 2. The minimum Gasteiger partial charge on any atom is -1.00 e. The van der Waals surface area contributed by atoms with Gasteiger partial charge in [-0.15, -0.1) is 0 Å². The van der Waals surface area contributed by atoms with Gasteiger partial charge >= 0.3 is 16.8 Å². The topological polar surface area (TPSA) is 55.0 Å². The van der Waals surface area contributed by atoms with Gasteiger partial charge in [-0.1, -0.05) is 43.2 Å². The van der Waals surface area contributed by atoms with Gasteiger partial charge in [-0.2, -0.15) is 0 Å². The monoisotopic (exact) mass is 634 g/mol. The molecule has 2 fully saturated rings. The molecule has 7 nitrogen and oxygen atoms in total. The van der Waals surface area contributed by atoms with Gasteiger partial charge in [0, 0.05) is 0 Å². The van der Waals surface area contributed by atoms with Gasteiger partial charge < -0.3 is 33.9 Å². The van der Waals surface area contributed by atoms with Crippen LogP contribution in [-0.2, 0) is 30.1 Å². The summed E-state index contributed by atoms with van der Waals surface area (Å²) in [7, 11) is 0. The molecule has 217 valence electrons. The van der Waals surface area contributed by atoms with Crippen LogP contribution in [-0.4, -0.2) is 60.1 Å². The Hall–Kier alpha value is -2.46. The van der Waals surface area contributed by atoms with Gasteiger partial charge in [0.1, 0.15) is 11.4 Å². The predicted molar refractivity (Wildman–Crippen MR) is 153 cm³/mol. The summed E-state index contributed by atoms with van der Waals surface area (Å²) in [5, 5.41) is 0. The van der Waals surface area contributed by atoms with Crippen molar-refractivity contribution in [3.8, 4) is 23.0 Å². The first-order valence-electron chi connectivity index (χ1n) is 14.2. The summed E-state index contributed by atoms with van der Waals surface area (Å²) < 4.78 is 4.70. The fourth-order valence-corrected chi connectivity index (χ4v) is 6.11. The third kappa shape index (κ3) is 6.48. The molecule has 0 unspecified atom stereocenters. The molecule has 0 spiro atoms. The third-order valence-corrected chi connectivity index (χ3v) is 8.10. The first kappa shape index (κ1) is 31.5. The Labute approximate surface area is 264 Å². The Morgan fingerprint density at radius 3 is 1.34 bits per heavy atom. The Kier molecular flexibility index (Phi) is 10.9. The number of pyridine rings is 1. The van der Waals surface area contributed by atoms with Crippen LogP contribution in [0.25, 0.3) is 45.1 Å². The second-order valence-corrected chi connectivity index (χ2v) is 10.8. The molecule has 41 heavy (non-hydrogen) atoms. The Morgan fingerprint density at radius 2 is 0.902 bits per heavy atom. The van der Waals surface area contributed by atoms with Gasteiger partial charge in [-0.25, -0.2) is 15.0 Å². The summed E-state index contributed by atoms with van der Waals surface area (Å²) in [6.07, 6.45) is 7.73. The van der Waals surface area contributed by atoms with Crippen molar-refractivity contribution >= 4 is 22.1 Å². The number of halogens is 2. The van der Waals surface area contributed by atoms with Crippen LogP contribution in [0.1, 0.15) is 38.5 Å². The van der Waals surface area contributed by atoms with Crippen molar-refractivity contribution in [1.29, 1.82) is 0 Å². The molecule has 7 rings (SSSR count). The molecule has 0 atom stereocenters. The SMILES string of the molecule is [Cl-].[Cl-].[Co+2].c1cc(-c2nc3ccccc3n2CN2CCCCC2)nc(-c2nc3ccccc3n2CN2CCCCC2)c1. The number of nitrogens with zero attached hydrogens (tertiary/aromatic N) is 7. The molecule has 0 N–H and O–H groups in total. The van der Waals surface area contributed by atoms with Crippen LogP contribution in [0.15, 0.2) is 66.7 Å². The third-order valence-electron chi connectivity index (χ3n) is 8.10. The van der Waals surface area contributed by atoms with E-state index in [2.05, 4.69) is 85.7 Å². The summed E-state index contributed by atoms with van der Waals surface area (Å²) in [6, 6.07) is 23.2. The average molecular weight is 636 g/mol. The molecule has 5 aromatic rings. The summed E-state index contributed by atoms with van der Waals surface area (Å²) in [4.78, 5) is 20.5. The number of aromatic nitrogens is 5. The quantitative estimate of drug-likeness (QED) is 0.264. The smallest absolute Gasteiger partial charge is 1.00 e. The van der Waals surface area contributed by atoms with Crippen LogP contribution in [0.3, 0.4) is 0 Å². The largest absolute Gasteiger partial charge is 2.00 e. The van der Waals surface area contributed by atoms with E-state index in [1.807, 2.05) is 0 Å². The van der Waals surface area contributed by atoms with Crippen LogP contribution in [0.2, 0.25) is 0 Å². The van der Waals surface area contributed by atoms with Crippen molar-refractivity contribution in [3.63, 3.8) is 0 Å². The molecule has 0 bridgehead atoms. The van der Waals surface area contributed by atoms with Gasteiger partial charge in [-0.05, 0) is 88.3 Å². The minimum absolute atomic E-state index is 0. The zero-order chi connectivity index (χ0) is 25.3. The molecule has 0 saturated carbocycles. The zero-order valence-electron chi connectivity index (χ0n) is 23.1. The van der Waals surface area contributed by atoms with Crippen molar-refractivity contribution in [1.82, 2.24) is 33.9 Å². The van der Waals surface area contributed by atoms with Gasteiger partial charge in [0.05, 0.1) is 35.4 Å². The van der Waals surface area contributed by atoms with Crippen LogP contribution in [0.5, 0.6) is 0 Å². The average Bonchev–Trinajstić information content (AvgIpc) is 3.53. The molecule has 2 saturated heterocycles. The second kappa shape index (κ2) is 14.1. The van der Waals surface area contributed by atoms with E-state index in [0.29, 0.717) is 0 Å². The maximum atomic E-state index is 5.21. The molecule has 10 heteroatoms. The molecule has 2 aliphatic rings. The van der Waals surface area contributed by atoms with E-state index in [-0.39, 0.29) is 41.6 Å². The first-order chi connectivity index (χ1) is 18.8. The van der Waals surface area contributed by atoms with Crippen molar-refractivity contribution in [2.24, 2.45) is 0 Å². The van der Waals surface area contributed by atoms with Gasteiger partial charge in [0.2, 0.25) is 0 Å². The van der Waals surface area contributed by atoms with Gasteiger partial charge in [0.25, 0.3) is 0 Å². The van der Waals surface area contributed by atoms with Crippen LogP contribution < -0.4 is 24.8 Å². The molecular formula is C31H35Cl2CoN7. The number of imidazole rings is 2. The number of benzene rings is 2. The second-order valence-electron chi connectivity index (χ2n) is 10.8. The molecule has 3 aromatic heterocycles. The van der Waals surface area contributed by atoms with Crippen molar-refractivity contribution < 1.29 is 41.6 Å².